The van der Waals surface area contributed by atoms with Crippen LogP contribution in [0.4, 0.5) is 0 Å². The second-order valence-electron chi connectivity index (χ2n) is 1.17. The van der Waals surface area contributed by atoms with E-state index in [4.69, 9.17) is 19.2 Å². The summed E-state index contributed by atoms with van der Waals surface area (Å²) in [5.41, 5.74) is 0. The Hall–Kier alpha value is -1.24. The highest BCUT2D eigenvalue weighted by Gasteiger charge is 1.56. The monoisotopic (exact) mass is 146 g/mol. The SMILES string of the molecule is CCCC.O=C=O.O=C=O. The molecule has 0 aromatic carbocycles. The largest absolute Gasteiger partial charge is 0.373 e. The zero-order chi connectivity index (χ0) is 8.83. The van der Waals surface area contributed by atoms with Crippen LogP contribution in [0.3, 0.4) is 0 Å². The van der Waals surface area contributed by atoms with Crippen LogP contribution < -0.4 is 0 Å². The molecule has 0 spiro atoms. The Labute approximate surface area is 59.2 Å². The van der Waals surface area contributed by atoms with Gasteiger partial charge >= 0.3 is 12.3 Å². The molecule has 4 heteroatoms. The smallest absolute Gasteiger partial charge is 0.186 e. The van der Waals surface area contributed by atoms with E-state index < -0.39 is 0 Å². The molecule has 0 aromatic rings. The number of unbranched alkanes of at least 4 members (excludes halogenated alkanes) is 1. The number of carbonyl (C=O) groups excluding carboxylic acids is 4. The summed E-state index contributed by atoms with van der Waals surface area (Å²) in [6, 6.07) is 0. The Kier molecular flexibility index (Phi) is 74.0. The van der Waals surface area contributed by atoms with Gasteiger partial charge in [0.25, 0.3) is 0 Å². The van der Waals surface area contributed by atoms with Crippen LogP contribution in [0.25, 0.3) is 0 Å². The van der Waals surface area contributed by atoms with E-state index in [2.05, 4.69) is 13.8 Å². The molecule has 0 bridgehead atoms. The van der Waals surface area contributed by atoms with Gasteiger partial charge < -0.3 is 0 Å². The maximum atomic E-state index is 8.12. The first-order chi connectivity index (χ1) is 4.74. The molecule has 0 heterocycles. The van der Waals surface area contributed by atoms with E-state index in [0.29, 0.717) is 0 Å². The quantitative estimate of drug-likeness (QED) is 0.544. The Morgan fingerprint density at radius 2 is 0.900 bits per heavy atom. The first kappa shape index (κ1) is 15.9. The first-order valence-corrected chi connectivity index (χ1v) is 2.73. The summed E-state index contributed by atoms with van der Waals surface area (Å²) in [6.45, 7) is 4.36. The normalized spacial score (nSPS) is 4.60. The lowest BCUT2D eigenvalue weighted by atomic mass is 10.4. The van der Waals surface area contributed by atoms with Crippen molar-refractivity contribution in [2.24, 2.45) is 0 Å². The fourth-order valence-corrected chi connectivity index (χ4v) is 0. The lowest BCUT2D eigenvalue weighted by Gasteiger charge is -1.68. The summed E-state index contributed by atoms with van der Waals surface area (Å²) >= 11 is 0. The highest BCUT2D eigenvalue weighted by molar-refractivity contribution is 5.20. The van der Waals surface area contributed by atoms with Crippen LogP contribution in [0, 0.1) is 0 Å². The van der Waals surface area contributed by atoms with Gasteiger partial charge in [-0.3, -0.25) is 0 Å². The van der Waals surface area contributed by atoms with Crippen LogP contribution in [0.2, 0.25) is 0 Å². The zero-order valence-electron chi connectivity index (χ0n) is 6.05. The van der Waals surface area contributed by atoms with Crippen molar-refractivity contribution in [2.75, 3.05) is 0 Å². The number of rotatable bonds is 1. The molecule has 0 saturated heterocycles. The highest BCUT2D eigenvalue weighted by atomic mass is 16.2. The summed E-state index contributed by atoms with van der Waals surface area (Å²) in [4.78, 5) is 32.5. The zero-order valence-corrected chi connectivity index (χ0v) is 6.05. The molecule has 58 valence electrons. The van der Waals surface area contributed by atoms with E-state index in [-0.39, 0.29) is 12.3 Å². The van der Waals surface area contributed by atoms with Gasteiger partial charge in [0.1, 0.15) is 0 Å². The lowest BCUT2D eigenvalue weighted by Crippen LogP contribution is -1.47. The average molecular weight is 146 g/mol. The number of hydrogen-bond donors (Lipinski definition) is 0. The van der Waals surface area contributed by atoms with Crippen LogP contribution in [0.1, 0.15) is 26.7 Å². The van der Waals surface area contributed by atoms with Crippen molar-refractivity contribution in [3.63, 3.8) is 0 Å². The second kappa shape index (κ2) is 46.6. The van der Waals surface area contributed by atoms with Gasteiger partial charge in [-0.1, -0.05) is 26.7 Å². The summed E-state index contributed by atoms with van der Waals surface area (Å²) in [5, 5.41) is 0. The van der Waals surface area contributed by atoms with E-state index in [1.807, 2.05) is 0 Å². The molecular weight excluding hydrogens is 136 g/mol. The fraction of sp³-hybridized carbons (Fsp3) is 0.667. The summed E-state index contributed by atoms with van der Waals surface area (Å²) in [5.74, 6) is 0. The molecule has 0 aromatic heterocycles. The molecule has 0 radical (unpaired) electrons. The minimum Gasteiger partial charge on any atom is -0.186 e. The molecule has 0 amide bonds. The molecular formula is C6H10O4. The van der Waals surface area contributed by atoms with Gasteiger partial charge in [-0.15, -0.1) is 0 Å². The Bertz CT molecular complexity index is 82.3. The van der Waals surface area contributed by atoms with E-state index in [0.717, 1.165) is 0 Å². The molecule has 0 aliphatic rings. The maximum absolute atomic E-state index is 8.12. The van der Waals surface area contributed by atoms with E-state index in [1.165, 1.54) is 12.8 Å². The van der Waals surface area contributed by atoms with Gasteiger partial charge in [0.2, 0.25) is 0 Å². The number of hydrogen-bond acceptors (Lipinski definition) is 4. The van der Waals surface area contributed by atoms with E-state index in [9.17, 15) is 0 Å². The van der Waals surface area contributed by atoms with Crippen LogP contribution in [-0.2, 0) is 19.2 Å². The van der Waals surface area contributed by atoms with Gasteiger partial charge in [-0.2, -0.15) is 19.2 Å². The standard InChI is InChI=1S/C4H10.2CO2/c1-3-4-2;2*2-1-3/h3-4H2,1-2H3;;. The molecule has 0 saturated carbocycles. The fourth-order valence-electron chi connectivity index (χ4n) is 0. The molecule has 10 heavy (non-hydrogen) atoms. The third-order valence-corrected chi connectivity index (χ3v) is 0.500. The van der Waals surface area contributed by atoms with Crippen molar-refractivity contribution >= 4 is 12.3 Å². The molecule has 0 rings (SSSR count). The van der Waals surface area contributed by atoms with Crippen molar-refractivity contribution in [3.05, 3.63) is 0 Å². The topological polar surface area (TPSA) is 68.3 Å². The van der Waals surface area contributed by atoms with Gasteiger partial charge in [0.05, 0.1) is 0 Å². The van der Waals surface area contributed by atoms with Crippen molar-refractivity contribution in [1.82, 2.24) is 0 Å². The van der Waals surface area contributed by atoms with Crippen LogP contribution in [0.15, 0.2) is 0 Å². The maximum Gasteiger partial charge on any atom is 0.373 e. The van der Waals surface area contributed by atoms with E-state index in [1.54, 1.807) is 0 Å². The first-order valence-electron chi connectivity index (χ1n) is 2.73. The van der Waals surface area contributed by atoms with Crippen LogP contribution in [0.5, 0.6) is 0 Å². The van der Waals surface area contributed by atoms with Gasteiger partial charge in [-0.25, -0.2) is 0 Å². The average Bonchev–Trinajstić information content (AvgIpc) is 1.91. The minimum atomic E-state index is 0.250. The predicted molar refractivity (Wildman–Crippen MR) is 30.6 cm³/mol. The highest BCUT2D eigenvalue weighted by Crippen LogP contribution is 1.76. The lowest BCUT2D eigenvalue weighted by molar-refractivity contribution is -0.193. The molecule has 0 unspecified atom stereocenters. The molecule has 4 nitrogen and oxygen atoms in total. The Morgan fingerprint density at radius 3 is 0.900 bits per heavy atom. The second-order valence-corrected chi connectivity index (χ2v) is 1.17. The molecule has 0 fully saturated rings. The van der Waals surface area contributed by atoms with E-state index >= 15 is 0 Å². The Balaban J connectivity index is -0.0000000750. The molecule has 0 N–H and O–H groups in total. The van der Waals surface area contributed by atoms with Crippen molar-refractivity contribution < 1.29 is 19.2 Å². The van der Waals surface area contributed by atoms with Crippen LogP contribution in [-0.4, -0.2) is 12.3 Å². The van der Waals surface area contributed by atoms with Gasteiger partial charge in [0.15, 0.2) is 0 Å². The van der Waals surface area contributed by atoms with Crippen molar-refractivity contribution in [1.29, 1.82) is 0 Å². The van der Waals surface area contributed by atoms with Crippen molar-refractivity contribution in [2.45, 2.75) is 26.7 Å². The third-order valence-electron chi connectivity index (χ3n) is 0.500. The van der Waals surface area contributed by atoms with Gasteiger partial charge in [0, 0.05) is 0 Å². The third kappa shape index (κ3) is 3890. The Morgan fingerprint density at radius 1 is 0.800 bits per heavy atom. The predicted octanol–water partition coefficient (Wildman–Crippen LogP) is 0.639. The van der Waals surface area contributed by atoms with Crippen LogP contribution >= 0.6 is 0 Å². The molecule has 0 atom stereocenters. The minimum absolute atomic E-state index is 0.250. The summed E-state index contributed by atoms with van der Waals surface area (Å²) in [7, 11) is 0. The molecule has 0 aliphatic carbocycles. The van der Waals surface area contributed by atoms with Gasteiger partial charge in [-0.05, 0) is 0 Å². The summed E-state index contributed by atoms with van der Waals surface area (Å²) < 4.78 is 0. The molecule has 0 aliphatic heterocycles. The van der Waals surface area contributed by atoms with Crippen molar-refractivity contribution in [3.8, 4) is 0 Å². The summed E-state index contributed by atoms with van der Waals surface area (Å²) in [6.07, 6.45) is 3.14.